The monoisotopic (exact) mass is 208 g/mol. The average Bonchev–Trinajstić information content (AvgIpc) is 2.85. The summed E-state index contributed by atoms with van der Waals surface area (Å²) in [6.07, 6.45) is 5.89. The Morgan fingerprint density at radius 1 is 1.20 bits per heavy atom. The number of carbonyl (C=O) groups is 1. The molecule has 0 aromatic heterocycles. The Balaban J connectivity index is 1.59. The number of nitrogens with zero attached hydrogens (tertiary/aromatic N) is 1. The molecule has 3 fully saturated rings. The van der Waals surface area contributed by atoms with Gasteiger partial charge in [0.1, 0.15) is 0 Å². The molecule has 0 bridgehead atoms. The summed E-state index contributed by atoms with van der Waals surface area (Å²) in [4.78, 5) is 14.2. The predicted molar refractivity (Wildman–Crippen MR) is 58.1 cm³/mol. The molecule has 1 saturated heterocycles. The second kappa shape index (κ2) is 3.48. The predicted octanol–water partition coefficient (Wildman–Crippen LogP) is 0.982. The van der Waals surface area contributed by atoms with E-state index in [1.165, 1.54) is 6.42 Å². The minimum Gasteiger partial charge on any atom is -0.341 e. The van der Waals surface area contributed by atoms with Crippen molar-refractivity contribution in [3.63, 3.8) is 0 Å². The smallest absolute Gasteiger partial charge is 0.225 e. The van der Waals surface area contributed by atoms with Crippen LogP contribution in [0.2, 0.25) is 0 Å². The van der Waals surface area contributed by atoms with Gasteiger partial charge in [0.2, 0.25) is 5.91 Å². The number of hydrogen-bond donors (Lipinski definition) is 1. The largest absolute Gasteiger partial charge is 0.341 e. The van der Waals surface area contributed by atoms with Crippen LogP contribution in [0.25, 0.3) is 0 Å². The first-order chi connectivity index (χ1) is 7.24. The lowest BCUT2D eigenvalue weighted by Gasteiger charge is -2.32. The standard InChI is InChI=1S/C12H20N2O/c13-11-2-1-3-14(7-11)12(15)10-5-8-4-9(8)6-10/h8-11H,1-7,13H2. The quantitative estimate of drug-likeness (QED) is 0.698. The number of likely N-dealkylation sites (tertiary alicyclic amines) is 1. The van der Waals surface area contributed by atoms with Crippen LogP contribution in [0.3, 0.4) is 0 Å². The number of fused-ring (bicyclic) bond motifs is 1. The van der Waals surface area contributed by atoms with E-state index in [0.717, 1.165) is 50.6 Å². The zero-order valence-corrected chi connectivity index (χ0v) is 9.19. The zero-order valence-electron chi connectivity index (χ0n) is 9.19. The molecule has 3 heteroatoms. The van der Waals surface area contributed by atoms with E-state index in [9.17, 15) is 4.79 Å². The van der Waals surface area contributed by atoms with Gasteiger partial charge < -0.3 is 10.6 Å². The summed E-state index contributed by atoms with van der Waals surface area (Å²) in [7, 11) is 0. The van der Waals surface area contributed by atoms with Gasteiger partial charge in [0.15, 0.2) is 0 Å². The minimum absolute atomic E-state index is 0.221. The van der Waals surface area contributed by atoms with E-state index in [-0.39, 0.29) is 6.04 Å². The summed E-state index contributed by atoms with van der Waals surface area (Å²) in [5.41, 5.74) is 5.90. The molecule has 0 radical (unpaired) electrons. The van der Waals surface area contributed by atoms with Crippen LogP contribution in [0.4, 0.5) is 0 Å². The first kappa shape index (κ1) is 9.64. The molecule has 2 aliphatic carbocycles. The Bertz CT molecular complexity index is 269. The molecular weight excluding hydrogens is 188 g/mol. The number of amides is 1. The van der Waals surface area contributed by atoms with Gasteiger partial charge in [-0.2, -0.15) is 0 Å². The topological polar surface area (TPSA) is 46.3 Å². The summed E-state index contributed by atoms with van der Waals surface area (Å²) in [5.74, 6) is 2.55. The van der Waals surface area contributed by atoms with Gasteiger partial charge in [-0.3, -0.25) is 4.79 Å². The van der Waals surface area contributed by atoms with Crippen LogP contribution in [0.5, 0.6) is 0 Å². The summed E-state index contributed by atoms with van der Waals surface area (Å²) in [6, 6.07) is 0.221. The first-order valence-corrected chi connectivity index (χ1v) is 6.28. The van der Waals surface area contributed by atoms with E-state index < -0.39 is 0 Å². The van der Waals surface area contributed by atoms with Gasteiger partial charge in [-0.1, -0.05) is 0 Å². The van der Waals surface area contributed by atoms with Crippen molar-refractivity contribution < 1.29 is 4.79 Å². The van der Waals surface area contributed by atoms with Crippen LogP contribution in [-0.2, 0) is 4.79 Å². The fourth-order valence-corrected chi connectivity index (χ4v) is 3.38. The third-order valence-electron chi connectivity index (χ3n) is 4.36. The van der Waals surface area contributed by atoms with Crippen molar-refractivity contribution >= 4 is 5.91 Å². The maximum atomic E-state index is 12.2. The van der Waals surface area contributed by atoms with Crippen molar-refractivity contribution in [2.45, 2.75) is 38.1 Å². The molecule has 2 saturated carbocycles. The first-order valence-electron chi connectivity index (χ1n) is 6.28. The molecule has 3 rings (SSSR count). The molecule has 0 spiro atoms. The molecular formula is C12H20N2O. The van der Waals surface area contributed by atoms with Crippen molar-refractivity contribution in [1.82, 2.24) is 4.90 Å². The lowest BCUT2D eigenvalue weighted by molar-refractivity contribution is -0.136. The maximum Gasteiger partial charge on any atom is 0.225 e. The van der Waals surface area contributed by atoms with E-state index in [0.29, 0.717) is 11.8 Å². The molecule has 1 amide bonds. The van der Waals surface area contributed by atoms with Crippen LogP contribution >= 0.6 is 0 Å². The third kappa shape index (κ3) is 1.78. The molecule has 1 heterocycles. The summed E-state index contributed by atoms with van der Waals surface area (Å²) in [5, 5.41) is 0. The Hall–Kier alpha value is -0.570. The number of carbonyl (C=O) groups excluding carboxylic acids is 1. The highest BCUT2D eigenvalue weighted by Crippen LogP contribution is 2.54. The Labute approximate surface area is 91.0 Å². The van der Waals surface area contributed by atoms with Gasteiger partial charge in [-0.25, -0.2) is 0 Å². The molecule has 84 valence electrons. The zero-order chi connectivity index (χ0) is 10.4. The summed E-state index contributed by atoms with van der Waals surface area (Å²) >= 11 is 0. The second-order valence-corrected chi connectivity index (χ2v) is 5.61. The fourth-order valence-electron chi connectivity index (χ4n) is 3.38. The van der Waals surface area contributed by atoms with Gasteiger partial charge in [0, 0.05) is 25.0 Å². The Morgan fingerprint density at radius 3 is 2.60 bits per heavy atom. The second-order valence-electron chi connectivity index (χ2n) is 5.61. The van der Waals surface area contributed by atoms with E-state index >= 15 is 0 Å². The van der Waals surface area contributed by atoms with Crippen molar-refractivity contribution in [2.24, 2.45) is 23.5 Å². The van der Waals surface area contributed by atoms with E-state index in [1.54, 1.807) is 0 Å². The maximum absolute atomic E-state index is 12.2. The normalized spacial score (nSPS) is 43.9. The fraction of sp³-hybridized carbons (Fsp3) is 0.917. The van der Waals surface area contributed by atoms with Crippen LogP contribution < -0.4 is 5.73 Å². The number of rotatable bonds is 1. The van der Waals surface area contributed by atoms with Gasteiger partial charge in [0.25, 0.3) is 0 Å². The molecule has 1 aliphatic heterocycles. The minimum atomic E-state index is 0.221. The van der Waals surface area contributed by atoms with Gasteiger partial charge >= 0.3 is 0 Å². The van der Waals surface area contributed by atoms with Crippen LogP contribution in [-0.4, -0.2) is 29.9 Å². The van der Waals surface area contributed by atoms with Crippen molar-refractivity contribution in [3.05, 3.63) is 0 Å². The number of nitrogens with two attached hydrogens (primary N) is 1. The lowest BCUT2D eigenvalue weighted by atomic mass is 9.99. The Kier molecular flexibility index (Phi) is 2.23. The molecule has 0 aromatic rings. The van der Waals surface area contributed by atoms with Gasteiger partial charge in [-0.15, -0.1) is 0 Å². The highest BCUT2D eigenvalue weighted by atomic mass is 16.2. The van der Waals surface area contributed by atoms with E-state index in [2.05, 4.69) is 0 Å². The van der Waals surface area contributed by atoms with Crippen molar-refractivity contribution in [2.75, 3.05) is 13.1 Å². The molecule has 15 heavy (non-hydrogen) atoms. The van der Waals surface area contributed by atoms with Crippen molar-refractivity contribution in [3.8, 4) is 0 Å². The van der Waals surface area contributed by atoms with Gasteiger partial charge in [0.05, 0.1) is 0 Å². The van der Waals surface area contributed by atoms with Gasteiger partial charge in [-0.05, 0) is 43.9 Å². The molecule has 3 aliphatic rings. The lowest BCUT2D eigenvalue weighted by Crippen LogP contribution is -2.47. The number of piperidine rings is 1. The number of hydrogen-bond acceptors (Lipinski definition) is 2. The molecule has 3 nitrogen and oxygen atoms in total. The van der Waals surface area contributed by atoms with Crippen molar-refractivity contribution in [1.29, 1.82) is 0 Å². The van der Waals surface area contributed by atoms with E-state index in [1.807, 2.05) is 4.90 Å². The van der Waals surface area contributed by atoms with Crippen LogP contribution in [0.1, 0.15) is 32.1 Å². The highest BCUT2D eigenvalue weighted by molar-refractivity contribution is 5.79. The van der Waals surface area contributed by atoms with E-state index in [4.69, 9.17) is 5.73 Å². The summed E-state index contributed by atoms with van der Waals surface area (Å²) < 4.78 is 0. The Morgan fingerprint density at radius 2 is 1.93 bits per heavy atom. The molecule has 3 unspecified atom stereocenters. The van der Waals surface area contributed by atoms with Crippen LogP contribution in [0.15, 0.2) is 0 Å². The summed E-state index contributed by atoms with van der Waals surface area (Å²) in [6.45, 7) is 1.74. The molecule has 0 aromatic carbocycles. The molecule has 2 N–H and O–H groups in total. The highest BCUT2D eigenvalue weighted by Gasteiger charge is 2.48. The molecule has 3 atom stereocenters. The SMILES string of the molecule is NC1CCCN(C(=O)C2CC3CC3C2)C1. The van der Waals surface area contributed by atoms with Crippen LogP contribution in [0, 0.1) is 17.8 Å². The average molecular weight is 208 g/mol. The third-order valence-corrected chi connectivity index (χ3v) is 4.36.